The normalized spacial score (nSPS) is 11.9. The van der Waals surface area contributed by atoms with Gasteiger partial charge in [0.05, 0.1) is 6.04 Å². The van der Waals surface area contributed by atoms with Crippen LogP contribution in [0.1, 0.15) is 38.3 Å². The minimum absolute atomic E-state index is 0.227. The summed E-state index contributed by atoms with van der Waals surface area (Å²) in [5.41, 5.74) is 1.23. The molecule has 0 heterocycles. The van der Waals surface area contributed by atoms with Gasteiger partial charge < -0.3 is 10.6 Å². The summed E-state index contributed by atoms with van der Waals surface area (Å²) in [6, 6.07) is 8.50. The summed E-state index contributed by atoms with van der Waals surface area (Å²) in [5.74, 6) is 0. The van der Waals surface area contributed by atoms with Crippen LogP contribution in [-0.4, -0.2) is 11.7 Å². The van der Waals surface area contributed by atoms with Crippen molar-refractivity contribution in [2.75, 3.05) is 6.54 Å². The second-order valence-electron chi connectivity index (χ2n) is 4.03. The highest BCUT2D eigenvalue weighted by Crippen LogP contribution is 2.16. The molecule has 0 spiro atoms. The van der Waals surface area contributed by atoms with Crippen molar-refractivity contribution in [1.29, 1.82) is 0 Å². The second-order valence-corrected chi connectivity index (χ2v) is 5.35. The van der Waals surface area contributed by atoms with Crippen molar-refractivity contribution >= 4 is 33.3 Å². The lowest BCUT2D eigenvalue weighted by Crippen LogP contribution is -2.37. The van der Waals surface area contributed by atoms with Crippen LogP contribution in [-0.2, 0) is 0 Å². The zero-order chi connectivity index (χ0) is 12.7. The first kappa shape index (κ1) is 14.5. The second kappa shape index (κ2) is 7.67. The molecule has 0 fully saturated rings. The number of thiocarbonyl (C=S) groups is 1. The molecule has 4 heteroatoms. The Morgan fingerprint density at radius 3 is 2.59 bits per heavy atom. The van der Waals surface area contributed by atoms with Gasteiger partial charge in [0.15, 0.2) is 5.11 Å². The van der Waals surface area contributed by atoms with Crippen LogP contribution in [0.4, 0.5) is 0 Å². The Balaban J connectivity index is 2.40. The topological polar surface area (TPSA) is 24.1 Å². The van der Waals surface area contributed by atoms with Gasteiger partial charge >= 0.3 is 0 Å². The van der Waals surface area contributed by atoms with Gasteiger partial charge in [0.25, 0.3) is 0 Å². The van der Waals surface area contributed by atoms with Crippen LogP contribution in [0.2, 0.25) is 0 Å². The Morgan fingerprint density at radius 1 is 1.35 bits per heavy atom. The summed E-state index contributed by atoms with van der Waals surface area (Å²) in [4.78, 5) is 0. The predicted molar refractivity (Wildman–Crippen MR) is 81.2 cm³/mol. The number of nitrogens with one attached hydrogen (secondary N) is 2. The lowest BCUT2D eigenvalue weighted by Gasteiger charge is -2.17. The molecule has 1 rings (SSSR count). The van der Waals surface area contributed by atoms with Crippen molar-refractivity contribution in [2.24, 2.45) is 0 Å². The molecular formula is C13H19BrN2S. The molecule has 0 radical (unpaired) electrons. The summed E-state index contributed by atoms with van der Waals surface area (Å²) >= 11 is 8.67. The fourth-order valence-corrected chi connectivity index (χ4v) is 2.00. The van der Waals surface area contributed by atoms with E-state index in [1.807, 2.05) is 12.1 Å². The van der Waals surface area contributed by atoms with E-state index in [2.05, 4.69) is 52.5 Å². The van der Waals surface area contributed by atoms with E-state index >= 15 is 0 Å². The summed E-state index contributed by atoms with van der Waals surface area (Å²) < 4.78 is 1.09. The Bertz CT molecular complexity index is 351. The zero-order valence-electron chi connectivity index (χ0n) is 10.3. The zero-order valence-corrected chi connectivity index (χ0v) is 12.7. The molecule has 1 aromatic rings. The first-order chi connectivity index (χ1) is 8.13. The summed E-state index contributed by atoms with van der Waals surface area (Å²) in [5, 5.41) is 7.22. The average Bonchev–Trinajstić information content (AvgIpc) is 2.30. The maximum Gasteiger partial charge on any atom is 0.166 e. The highest BCUT2D eigenvalue weighted by atomic mass is 79.9. The van der Waals surface area contributed by atoms with Crippen molar-refractivity contribution in [3.63, 3.8) is 0 Å². The van der Waals surface area contributed by atoms with Crippen molar-refractivity contribution in [3.05, 3.63) is 34.3 Å². The molecule has 0 amide bonds. The SMILES string of the molecule is CCCCNC(=S)N[C@@H](C)c1ccc(Br)cc1. The third-order valence-electron chi connectivity index (χ3n) is 2.53. The van der Waals surface area contributed by atoms with Gasteiger partial charge in [0, 0.05) is 11.0 Å². The van der Waals surface area contributed by atoms with Crippen LogP contribution in [0.15, 0.2) is 28.7 Å². The highest BCUT2D eigenvalue weighted by Gasteiger charge is 2.05. The third kappa shape index (κ3) is 5.50. The van der Waals surface area contributed by atoms with Gasteiger partial charge in [-0.3, -0.25) is 0 Å². The molecule has 94 valence electrons. The van der Waals surface area contributed by atoms with Gasteiger partial charge in [-0.1, -0.05) is 41.4 Å². The Hall–Kier alpha value is -0.610. The quantitative estimate of drug-likeness (QED) is 0.639. The first-order valence-electron chi connectivity index (χ1n) is 5.93. The average molecular weight is 315 g/mol. The first-order valence-corrected chi connectivity index (χ1v) is 7.13. The molecule has 1 aromatic carbocycles. The van der Waals surface area contributed by atoms with Gasteiger partial charge in [-0.05, 0) is 43.3 Å². The van der Waals surface area contributed by atoms with Crippen LogP contribution in [0.25, 0.3) is 0 Å². The van der Waals surface area contributed by atoms with E-state index < -0.39 is 0 Å². The molecular weight excluding hydrogens is 296 g/mol. The smallest absolute Gasteiger partial charge is 0.166 e. The van der Waals surface area contributed by atoms with Crippen molar-refractivity contribution in [1.82, 2.24) is 10.6 Å². The maximum atomic E-state index is 5.24. The molecule has 0 bridgehead atoms. The Kier molecular flexibility index (Phi) is 6.52. The van der Waals surface area contributed by atoms with Crippen LogP contribution >= 0.6 is 28.1 Å². The summed E-state index contributed by atoms with van der Waals surface area (Å²) in [6.07, 6.45) is 2.33. The number of benzene rings is 1. The summed E-state index contributed by atoms with van der Waals surface area (Å²) in [6.45, 7) is 5.22. The monoisotopic (exact) mass is 314 g/mol. The number of hydrogen-bond acceptors (Lipinski definition) is 1. The molecule has 0 aromatic heterocycles. The van der Waals surface area contributed by atoms with Gasteiger partial charge in [-0.2, -0.15) is 0 Å². The van der Waals surface area contributed by atoms with Crippen LogP contribution < -0.4 is 10.6 Å². The van der Waals surface area contributed by atoms with E-state index in [0.717, 1.165) is 22.6 Å². The molecule has 1 atom stereocenters. The third-order valence-corrected chi connectivity index (χ3v) is 3.32. The predicted octanol–water partition coefficient (Wildman–Crippen LogP) is 3.77. The number of hydrogen-bond donors (Lipinski definition) is 2. The highest BCUT2D eigenvalue weighted by molar-refractivity contribution is 9.10. The molecule has 17 heavy (non-hydrogen) atoms. The van der Waals surface area contributed by atoms with Gasteiger partial charge in [-0.15, -0.1) is 0 Å². The van der Waals surface area contributed by atoms with Crippen molar-refractivity contribution < 1.29 is 0 Å². The molecule has 0 saturated carbocycles. The lowest BCUT2D eigenvalue weighted by molar-refractivity contribution is 0.682. The number of rotatable bonds is 5. The van der Waals surface area contributed by atoms with Gasteiger partial charge in [0.1, 0.15) is 0 Å². The minimum Gasteiger partial charge on any atom is -0.363 e. The van der Waals surface area contributed by atoms with E-state index in [-0.39, 0.29) is 6.04 Å². The van der Waals surface area contributed by atoms with Crippen LogP contribution in [0.3, 0.4) is 0 Å². The number of halogens is 1. The largest absolute Gasteiger partial charge is 0.363 e. The maximum absolute atomic E-state index is 5.24. The van der Waals surface area contributed by atoms with E-state index in [1.54, 1.807) is 0 Å². The van der Waals surface area contributed by atoms with Crippen molar-refractivity contribution in [3.8, 4) is 0 Å². The minimum atomic E-state index is 0.227. The standard InChI is InChI=1S/C13H19BrN2S/c1-3-4-9-15-13(17)16-10(2)11-5-7-12(14)8-6-11/h5-8,10H,3-4,9H2,1-2H3,(H2,15,16,17)/t10-/m0/s1. The molecule has 2 N–H and O–H groups in total. The van der Waals surface area contributed by atoms with Crippen molar-refractivity contribution in [2.45, 2.75) is 32.7 Å². The molecule has 0 aliphatic rings. The molecule has 0 aliphatic carbocycles. The van der Waals surface area contributed by atoms with E-state index in [1.165, 1.54) is 12.0 Å². The van der Waals surface area contributed by atoms with E-state index in [4.69, 9.17) is 12.2 Å². The van der Waals surface area contributed by atoms with Crippen LogP contribution in [0.5, 0.6) is 0 Å². The Labute approximate surface area is 117 Å². The Morgan fingerprint density at radius 2 is 2.00 bits per heavy atom. The molecule has 2 nitrogen and oxygen atoms in total. The van der Waals surface area contributed by atoms with Gasteiger partial charge in [0.2, 0.25) is 0 Å². The number of unbranched alkanes of at least 4 members (excludes halogenated alkanes) is 1. The van der Waals surface area contributed by atoms with E-state index in [9.17, 15) is 0 Å². The van der Waals surface area contributed by atoms with Gasteiger partial charge in [-0.25, -0.2) is 0 Å². The fraction of sp³-hybridized carbons (Fsp3) is 0.462. The molecule has 0 unspecified atom stereocenters. The van der Waals surface area contributed by atoms with E-state index in [0.29, 0.717) is 0 Å². The van der Waals surface area contributed by atoms with Crippen LogP contribution in [0, 0.1) is 0 Å². The molecule has 0 saturated heterocycles. The summed E-state index contributed by atoms with van der Waals surface area (Å²) in [7, 11) is 0. The fourth-order valence-electron chi connectivity index (χ4n) is 1.46. The lowest BCUT2D eigenvalue weighted by atomic mass is 10.1. The molecule has 0 aliphatic heterocycles.